The second-order valence-corrected chi connectivity index (χ2v) is 9.49. The molecule has 0 radical (unpaired) electrons. The van der Waals surface area contributed by atoms with Gasteiger partial charge < -0.3 is 10.1 Å². The second-order valence-electron chi connectivity index (χ2n) is 6.93. The number of benzene rings is 2. The summed E-state index contributed by atoms with van der Waals surface area (Å²) in [4.78, 5) is 24.2. The third-order valence-corrected chi connectivity index (χ3v) is 6.12. The first-order chi connectivity index (χ1) is 14.0. The predicted molar refractivity (Wildman–Crippen MR) is 116 cm³/mol. The molecule has 0 saturated carbocycles. The van der Waals surface area contributed by atoms with Gasteiger partial charge in [-0.05, 0) is 54.8 Å². The lowest BCUT2D eigenvalue weighted by atomic mass is 10.1. The highest BCUT2D eigenvalue weighted by Crippen LogP contribution is 2.23. The first-order valence-corrected chi connectivity index (χ1v) is 11.2. The monoisotopic (exact) mass is 472 g/mol. The molecule has 2 rings (SSSR count). The van der Waals surface area contributed by atoms with E-state index in [0.29, 0.717) is 17.1 Å². The highest BCUT2D eigenvalue weighted by molar-refractivity contribution is 7.89. The minimum Gasteiger partial charge on any atom is -0.468 e. The van der Waals surface area contributed by atoms with Gasteiger partial charge in [-0.25, -0.2) is 8.42 Å². The molecule has 2 aromatic rings. The van der Waals surface area contributed by atoms with E-state index in [1.165, 1.54) is 43.5 Å². The molecule has 0 aromatic heterocycles. The second kappa shape index (κ2) is 10.3. The van der Waals surface area contributed by atoms with Gasteiger partial charge in [-0.3, -0.25) is 9.59 Å². The quantitative estimate of drug-likeness (QED) is 0.562. The molecule has 0 heterocycles. The molecule has 30 heavy (non-hydrogen) atoms. The number of ether oxygens (including phenoxy) is 1. The number of halogens is 2. The third-order valence-electron chi connectivity index (χ3n) is 4.09. The number of hydrogen-bond acceptors (Lipinski definition) is 5. The minimum absolute atomic E-state index is 0.0531. The Morgan fingerprint density at radius 2 is 1.70 bits per heavy atom. The molecular weight excluding hydrogens is 451 g/mol. The van der Waals surface area contributed by atoms with Gasteiger partial charge in [-0.15, -0.1) is 0 Å². The normalized spacial score (nSPS) is 12.5. The fourth-order valence-electron chi connectivity index (χ4n) is 2.65. The van der Waals surface area contributed by atoms with Crippen molar-refractivity contribution in [2.45, 2.75) is 31.2 Å². The molecule has 162 valence electrons. The molecule has 1 atom stereocenters. The van der Waals surface area contributed by atoms with Gasteiger partial charge in [-0.1, -0.05) is 37.0 Å². The van der Waals surface area contributed by atoms with Crippen molar-refractivity contribution in [3.05, 3.63) is 58.1 Å². The number of anilines is 1. The number of amides is 1. The third kappa shape index (κ3) is 6.43. The number of esters is 1. The molecule has 10 heteroatoms. The first kappa shape index (κ1) is 24.1. The smallest absolute Gasteiger partial charge is 0.323 e. The maximum absolute atomic E-state index is 12.6. The van der Waals surface area contributed by atoms with Crippen molar-refractivity contribution < 1.29 is 22.7 Å². The Hall–Kier alpha value is -2.13. The number of hydrogen-bond donors (Lipinski definition) is 2. The number of rotatable bonds is 8. The lowest BCUT2D eigenvalue weighted by Gasteiger charge is -2.18. The number of carbonyl (C=O) groups is 2. The zero-order valence-electron chi connectivity index (χ0n) is 16.6. The molecule has 0 bridgehead atoms. The van der Waals surface area contributed by atoms with Crippen LogP contribution in [0.5, 0.6) is 0 Å². The van der Waals surface area contributed by atoms with Crippen LogP contribution in [0.3, 0.4) is 0 Å². The summed E-state index contributed by atoms with van der Waals surface area (Å²) in [5, 5.41) is 3.24. The van der Waals surface area contributed by atoms with Crippen LogP contribution >= 0.6 is 23.2 Å². The summed E-state index contributed by atoms with van der Waals surface area (Å²) in [6.07, 6.45) is 0.294. The fraction of sp³-hybridized carbons (Fsp3) is 0.300. The summed E-state index contributed by atoms with van der Waals surface area (Å²) in [6.45, 7) is 3.74. The molecule has 0 fully saturated rings. The largest absolute Gasteiger partial charge is 0.468 e. The summed E-state index contributed by atoms with van der Waals surface area (Å²) in [7, 11) is -2.77. The average molecular weight is 473 g/mol. The van der Waals surface area contributed by atoms with E-state index in [1.54, 1.807) is 6.07 Å². The van der Waals surface area contributed by atoms with Crippen LogP contribution < -0.4 is 10.0 Å². The number of sulfonamides is 1. The molecule has 2 N–H and O–H groups in total. The molecule has 7 nitrogen and oxygen atoms in total. The highest BCUT2D eigenvalue weighted by atomic mass is 35.5. The standard InChI is InChI=1S/C20H22Cl2N2O5S/c1-12(2)10-18(20(26)29-3)24-30(27,28)15-7-5-14(6-8-15)23-19(25)16-9-4-13(21)11-17(16)22/h4-9,11-12,18,24H,10H2,1-3H3,(H,23,25)/t18-/m0/s1. The van der Waals surface area contributed by atoms with E-state index in [1.807, 2.05) is 13.8 Å². The summed E-state index contributed by atoms with van der Waals surface area (Å²) in [5.41, 5.74) is 0.603. The van der Waals surface area contributed by atoms with E-state index in [4.69, 9.17) is 23.2 Å². The van der Waals surface area contributed by atoms with Crippen LogP contribution in [-0.2, 0) is 19.6 Å². The Morgan fingerprint density at radius 1 is 1.07 bits per heavy atom. The van der Waals surface area contributed by atoms with Crippen molar-refractivity contribution >= 4 is 50.8 Å². The number of nitrogens with one attached hydrogen (secondary N) is 2. The van der Waals surface area contributed by atoms with E-state index in [-0.39, 0.29) is 21.4 Å². The van der Waals surface area contributed by atoms with Gasteiger partial charge in [0.1, 0.15) is 6.04 Å². The molecule has 0 saturated heterocycles. The van der Waals surface area contributed by atoms with Crippen LogP contribution in [0.2, 0.25) is 10.0 Å². The van der Waals surface area contributed by atoms with Gasteiger partial charge in [0, 0.05) is 10.7 Å². The Morgan fingerprint density at radius 3 is 2.23 bits per heavy atom. The van der Waals surface area contributed by atoms with Gasteiger partial charge in [0.15, 0.2) is 0 Å². The van der Waals surface area contributed by atoms with Crippen LogP contribution in [0.25, 0.3) is 0 Å². The molecule has 0 aliphatic rings. The van der Waals surface area contributed by atoms with E-state index in [2.05, 4.69) is 14.8 Å². The van der Waals surface area contributed by atoms with Gasteiger partial charge in [0.2, 0.25) is 10.0 Å². The van der Waals surface area contributed by atoms with E-state index < -0.39 is 27.9 Å². The number of methoxy groups -OCH3 is 1. The molecule has 0 spiro atoms. The van der Waals surface area contributed by atoms with E-state index in [0.717, 1.165) is 0 Å². The molecule has 0 aliphatic carbocycles. The summed E-state index contributed by atoms with van der Waals surface area (Å²) in [5.74, 6) is -1.04. The minimum atomic E-state index is -3.97. The van der Waals surface area contributed by atoms with Crippen molar-refractivity contribution in [2.75, 3.05) is 12.4 Å². The van der Waals surface area contributed by atoms with Crippen molar-refractivity contribution in [1.82, 2.24) is 4.72 Å². The van der Waals surface area contributed by atoms with Crippen LogP contribution in [0.1, 0.15) is 30.6 Å². The predicted octanol–water partition coefficient (Wildman–Crippen LogP) is 4.11. The Balaban J connectivity index is 2.15. The van der Waals surface area contributed by atoms with Crippen LogP contribution in [-0.4, -0.2) is 33.4 Å². The lowest BCUT2D eigenvalue weighted by molar-refractivity contribution is -0.143. The molecule has 2 aromatic carbocycles. The molecule has 0 aliphatic heterocycles. The maximum Gasteiger partial charge on any atom is 0.323 e. The Kier molecular flexibility index (Phi) is 8.25. The number of carbonyl (C=O) groups excluding carboxylic acids is 2. The Bertz CT molecular complexity index is 1020. The fourth-order valence-corrected chi connectivity index (χ4v) is 4.34. The highest BCUT2D eigenvalue weighted by Gasteiger charge is 2.27. The van der Waals surface area contributed by atoms with Crippen LogP contribution in [0, 0.1) is 5.92 Å². The first-order valence-electron chi connectivity index (χ1n) is 9.00. The van der Waals surface area contributed by atoms with Crippen molar-refractivity contribution in [3.8, 4) is 0 Å². The summed E-state index contributed by atoms with van der Waals surface area (Å²) in [6, 6.07) is 9.01. The Labute approximate surface area is 185 Å². The van der Waals surface area contributed by atoms with Crippen LogP contribution in [0.15, 0.2) is 47.4 Å². The summed E-state index contributed by atoms with van der Waals surface area (Å²) < 4.78 is 32.3. The SMILES string of the molecule is COC(=O)[C@H](CC(C)C)NS(=O)(=O)c1ccc(NC(=O)c2ccc(Cl)cc2Cl)cc1. The molecular formula is C20H22Cl2N2O5S. The zero-order valence-corrected chi connectivity index (χ0v) is 18.9. The van der Waals surface area contributed by atoms with Crippen LogP contribution in [0.4, 0.5) is 5.69 Å². The van der Waals surface area contributed by atoms with E-state index in [9.17, 15) is 18.0 Å². The lowest BCUT2D eigenvalue weighted by Crippen LogP contribution is -2.42. The molecule has 1 amide bonds. The van der Waals surface area contributed by atoms with Gasteiger partial charge in [-0.2, -0.15) is 4.72 Å². The van der Waals surface area contributed by atoms with Gasteiger partial charge in [0.25, 0.3) is 5.91 Å². The summed E-state index contributed by atoms with van der Waals surface area (Å²) >= 11 is 11.9. The average Bonchev–Trinajstić information content (AvgIpc) is 2.66. The van der Waals surface area contributed by atoms with Gasteiger partial charge >= 0.3 is 5.97 Å². The molecule has 0 unspecified atom stereocenters. The zero-order chi connectivity index (χ0) is 22.5. The van der Waals surface area contributed by atoms with Crippen molar-refractivity contribution in [3.63, 3.8) is 0 Å². The van der Waals surface area contributed by atoms with Gasteiger partial charge in [0.05, 0.1) is 22.6 Å². The maximum atomic E-state index is 12.6. The van der Waals surface area contributed by atoms with E-state index >= 15 is 0 Å². The topological polar surface area (TPSA) is 102 Å². The van der Waals surface area contributed by atoms with Crippen molar-refractivity contribution in [1.29, 1.82) is 0 Å². The van der Waals surface area contributed by atoms with Crippen molar-refractivity contribution in [2.24, 2.45) is 5.92 Å².